The number of nitrogens with zero attached hydrogens (tertiary/aromatic N) is 6. The zero-order chi connectivity index (χ0) is 14.5. The van der Waals surface area contributed by atoms with Crippen molar-refractivity contribution in [3.05, 3.63) is 29.8 Å². The number of rotatable bonds is 5. The van der Waals surface area contributed by atoms with Crippen LogP contribution in [0, 0.1) is 0 Å². The lowest BCUT2D eigenvalue weighted by atomic mass is 10.3. The Labute approximate surface area is 122 Å². The number of hydrogen-bond acceptors (Lipinski definition) is 7. The average molecular weight is 290 g/mol. The Morgan fingerprint density at radius 2 is 2.10 bits per heavy atom. The van der Waals surface area contributed by atoms with Gasteiger partial charge in [-0.2, -0.15) is 0 Å². The molecule has 0 aromatic carbocycles. The molecular formula is C13H18N6O2. The molecule has 0 radical (unpaired) electrons. The lowest BCUT2D eigenvalue weighted by molar-refractivity contribution is 0.0792. The van der Waals surface area contributed by atoms with Crippen molar-refractivity contribution in [1.82, 2.24) is 25.0 Å². The van der Waals surface area contributed by atoms with Gasteiger partial charge in [-0.3, -0.25) is 0 Å². The fourth-order valence-corrected chi connectivity index (χ4v) is 2.36. The molecule has 1 aliphatic heterocycles. The Bertz CT molecular complexity index is 573. The van der Waals surface area contributed by atoms with E-state index in [1.807, 2.05) is 4.68 Å². The van der Waals surface area contributed by atoms with E-state index < -0.39 is 0 Å². The van der Waals surface area contributed by atoms with Gasteiger partial charge in [0.25, 0.3) is 0 Å². The third-order valence-electron chi connectivity index (χ3n) is 3.37. The number of aryl methyl sites for hydroxylation is 1. The van der Waals surface area contributed by atoms with Crippen LogP contribution in [0.4, 0.5) is 5.95 Å². The van der Waals surface area contributed by atoms with Gasteiger partial charge in [-0.15, -0.1) is 5.10 Å². The summed E-state index contributed by atoms with van der Waals surface area (Å²) in [6.07, 6.45) is 4.45. The van der Waals surface area contributed by atoms with Gasteiger partial charge in [-0.25, -0.2) is 14.6 Å². The van der Waals surface area contributed by atoms with Crippen molar-refractivity contribution in [3.63, 3.8) is 0 Å². The van der Waals surface area contributed by atoms with E-state index in [1.54, 1.807) is 18.5 Å². The highest BCUT2D eigenvalue weighted by atomic mass is 16.5. The zero-order valence-electron chi connectivity index (χ0n) is 11.7. The van der Waals surface area contributed by atoms with Gasteiger partial charge >= 0.3 is 0 Å². The smallest absolute Gasteiger partial charge is 0.225 e. The highest BCUT2D eigenvalue weighted by Gasteiger charge is 2.21. The Hall–Kier alpha value is -2.06. The fraction of sp³-hybridized carbons (Fsp3) is 0.538. The Kier molecular flexibility index (Phi) is 4.37. The number of fused-ring (bicyclic) bond motifs is 1. The largest absolute Gasteiger partial charge is 0.394 e. The molecule has 2 aromatic rings. The summed E-state index contributed by atoms with van der Waals surface area (Å²) >= 11 is 0. The minimum Gasteiger partial charge on any atom is -0.394 e. The van der Waals surface area contributed by atoms with E-state index in [2.05, 4.69) is 25.2 Å². The molecule has 1 aliphatic rings. The van der Waals surface area contributed by atoms with Crippen LogP contribution in [0.5, 0.6) is 0 Å². The summed E-state index contributed by atoms with van der Waals surface area (Å²) in [5, 5.41) is 17.1. The zero-order valence-corrected chi connectivity index (χ0v) is 11.7. The van der Waals surface area contributed by atoms with Crippen LogP contribution in [0.25, 0.3) is 0 Å². The molecule has 0 saturated heterocycles. The molecular weight excluding hydrogens is 272 g/mol. The number of aliphatic hydroxyl groups is 1. The van der Waals surface area contributed by atoms with Crippen LogP contribution in [-0.4, -0.2) is 49.8 Å². The highest BCUT2D eigenvalue weighted by molar-refractivity contribution is 5.31. The van der Waals surface area contributed by atoms with Gasteiger partial charge in [0.05, 0.1) is 32.1 Å². The maximum absolute atomic E-state index is 8.78. The second-order valence-electron chi connectivity index (χ2n) is 4.81. The van der Waals surface area contributed by atoms with Crippen LogP contribution < -0.4 is 4.90 Å². The summed E-state index contributed by atoms with van der Waals surface area (Å²) in [7, 11) is 0. The van der Waals surface area contributed by atoms with Crippen molar-refractivity contribution in [2.75, 3.05) is 24.7 Å². The predicted molar refractivity (Wildman–Crippen MR) is 74.5 cm³/mol. The highest BCUT2D eigenvalue weighted by Crippen LogP contribution is 2.18. The predicted octanol–water partition coefficient (Wildman–Crippen LogP) is -0.0127. The number of ether oxygens (including phenoxy) is 1. The van der Waals surface area contributed by atoms with Crippen LogP contribution >= 0.6 is 0 Å². The number of aliphatic hydroxyl groups excluding tert-OH is 1. The van der Waals surface area contributed by atoms with Gasteiger partial charge in [0.1, 0.15) is 5.69 Å². The van der Waals surface area contributed by atoms with E-state index in [0.29, 0.717) is 19.8 Å². The topological polar surface area (TPSA) is 89.2 Å². The second kappa shape index (κ2) is 6.59. The van der Waals surface area contributed by atoms with Gasteiger partial charge in [0, 0.05) is 25.5 Å². The number of anilines is 1. The first-order valence-corrected chi connectivity index (χ1v) is 7.00. The van der Waals surface area contributed by atoms with E-state index in [0.717, 1.165) is 36.8 Å². The summed E-state index contributed by atoms with van der Waals surface area (Å²) in [5.74, 6) is 0.717. The maximum atomic E-state index is 8.78. The van der Waals surface area contributed by atoms with E-state index in [-0.39, 0.29) is 6.61 Å². The van der Waals surface area contributed by atoms with Gasteiger partial charge in [-0.1, -0.05) is 5.21 Å². The van der Waals surface area contributed by atoms with E-state index in [4.69, 9.17) is 9.84 Å². The summed E-state index contributed by atoms with van der Waals surface area (Å²) in [4.78, 5) is 10.7. The summed E-state index contributed by atoms with van der Waals surface area (Å²) in [6, 6.07) is 1.81. The molecule has 0 unspecified atom stereocenters. The molecule has 3 rings (SSSR count). The van der Waals surface area contributed by atoms with Gasteiger partial charge in [0.2, 0.25) is 5.95 Å². The van der Waals surface area contributed by atoms with Crippen LogP contribution in [0.1, 0.15) is 17.8 Å². The molecule has 8 heteroatoms. The van der Waals surface area contributed by atoms with Crippen molar-refractivity contribution in [1.29, 1.82) is 0 Å². The standard InChI is InChI=1S/C13H18N6O2/c20-7-8-21-10-11-12-9-18(13-14-3-1-4-15-13)5-2-6-19(12)17-16-11/h1,3-4,20H,2,5-10H2. The molecule has 0 spiro atoms. The van der Waals surface area contributed by atoms with Crippen LogP contribution in [0.2, 0.25) is 0 Å². The molecule has 0 saturated carbocycles. The first kappa shape index (κ1) is 13.9. The molecule has 0 fully saturated rings. The van der Waals surface area contributed by atoms with Crippen LogP contribution in [-0.2, 0) is 24.4 Å². The molecule has 0 amide bonds. The van der Waals surface area contributed by atoms with E-state index in [9.17, 15) is 0 Å². The third-order valence-corrected chi connectivity index (χ3v) is 3.37. The molecule has 2 aromatic heterocycles. The van der Waals surface area contributed by atoms with Crippen molar-refractivity contribution in [2.24, 2.45) is 0 Å². The first-order chi connectivity index (χ1) is 10.4. The Balaban J connectivity index is 1.78. The van der Waals surface area contributed by atoms with E-state index >= 15 is 0 Å². The lowest BCUT2D eigenvalue weighted by Crippen LogP contribution is -2.25. The van der Waals surface area contributed by atoms with Gasteiger partial charge < -0.3 is 14.7 Å². The van der Waals surface area contributed by atoms with Crippen molar-refractivity contribution < 1.29 is 9.84 Å². The molecule has 0 atom stereocenters. The molecule has 8 nitrogen and oxygen atoms in total. The first-order valence-electron chi connectivity index (χ1n) is 7.00. The monoisotopic (exact) mass is 290 g/mol. The van der Waals surface area contributed by atoms with Crippen molar-refractivity contribution in [2.45, 2.75) is 26.1 Å². The molecule has 21 heavy (non-hydrogen) atoms. The Morgan fingerprint density at radius 3 is 2.90 bits per heavy atom. The van der Waals surface area contributed by atoms with Gasteiger partial charge in [-0.05, 0) is 12.5 Å². The average Bonchev–Trinajstić information content (AvgIpc) is 2.78. The summed E-state index contributed by atoms with van der Waals surface area (Å²) < 4.78 is 7.28. The van der Waals surface area contributed by atoms with Crippen LogP contribution in [0.15, 0.2) is 18.5 Å². The minimum atomic E-state index is 0.00739. The van der Waals surface area contributed by atoms with Crippen molar-refractivity contribution in [3.8, 4) is 0 Å². The SMILES string of the molecule is OCCOCc1nnn2c1CN(c1ncccn1)CCC2. The molecule has 0 aliphatic carbocycles. The molecule has 0 bridgehead atoms. The molecule has 1 N–H and O–H groups in total. The second-order valence-corrected chi connectivity index (χ2v) is 4.81. The third kappa shape index (κ3) is 3.17. The summed E-state index contributed by atoms with van der Waals surface area (Å²) in [6.45, 7) is 3.04. The van der Waals surface area contributed by atoms with Gasteiger partial charge in [0.15, 0.2) is 0 Å². The van der Waals surface area contributed by atoms with Crippen LogP contribution in [0.3, 0.4) is 0 Å². The fourth-order valence-electron chi connectivity index (χ4n) is 2.36. The Morgan fingerprint density at radius 1 is 1.24 bits per heavy atom. The molecule has 112 valence electrons. The van der Waals surface area contributed by atoms with Crippen molar-refractivity contribution >= 4 is 5.95 Å². The number of hydrogen-bond donors (Lipinski definition) is 1. The quantitative estimate of drug-likeness (QED) is 0.774. The van der Waals surface area contributed by atoms with E-state index in [1.165, 1.54) is 0 Å². The minimum absolute atomic E-state index is 0.00739. The molecule has 3 heterocycles. The lowest BCUT2D eigenvalue weighted by Gasteiger charge is -2.19. The summed E-state index contributed by atoms with van der Waals surface area (Å²) in [5.41, 5.74) is 1.84. The maximum Gasteiger partial charge on any atom is 0.225 e. The normalized spacial score (nSPS) is 14.8. The number of aromatic nitrogens is 5.